The quantitative estimate of drug-likeness (QED) is 0.879. The summed E-state index contributed by atoms with van der Waals surface area (Å²) in [4.78, 5) is 23.8. The van der Waals surface area contributed by atoms with Crippen LogP contribution in [0.5, 0.6) is 0 Å². The van der Waals surface area contributed by atoms with Crippen LogP contribution in [0.4, 0.5) is 0 Å². The van der Waals surface area contributed by atoms with Crippen LogP contribution < -0.4 is 0 Å². The Hall–Kier alpha value is -1.59. The number of benzene rings is 1. The van der Waals surface area contributed by atoms with Gasteiger partial charge in [0.1, 0.15) is 12.1 Å². The number of hydrogen-bond donors (Lipinski definition) is 2. The van der Waals surface area contributed by atoms with Gasteiger partial charge in [-0.05, 0) is 18.4 Å². The Morgan fingerprint density at radius 3 is 1.95 bits per heavy atom. The molecule has 2 rings (SSSR count). The lowest BCUT2D eigenvalue weighted by Gasteiger charge is -2.25. The van der Waals surface area contributed by atoms with Crippen molar-refractivity contribution in [2.45, 2.75) is 31.5 Å². The average molecular weight is 286 g/mol. The molecule has 6 heteroatoms. The van der Waals surface area contributed by atoms with Crippen molar-refractivity contribution in [3.63, 3.8) is 0 Å². The highest BCUT2D eigenvalue weighted by molar-refractivity contribution is 5.85. The van der Waals surface area contributed by atoms with E-state index in [1.54, 1.807) is 4.90 Å². The van der Waals surface area contributed by atoms with E-state index in [0.717, 1.165) is 5.56 Å². The minimum atomic E-state index is -0.949. The molecule has 0 bridgehead atoms. The fourth-order valence-electron chi connectivity index (χ4n) is 2.41. The largest absolute Gasteiger partial charge is 0.480 e. The molecule has 1 aliphatic heterocycles. The molecule has 2 atom stereocenters. The van der Waals surface area contributed by atoms with Crippen LogP contribution in [-0.4, -0.2) is 39.1 Å². The molecule has 104 valence electrons. The maximum atomic E-state index is 11.1. The van der Waals surface area contributed by atoms with Gasteiger partial charge in [-0.15, -0.1) is 12.4 Å². The number of rotatable bonds is 4. The Kier molecular flexibility index (Phi) is 5.32. The molecule has 1 fully saturated rings. The van der Waals surface area contributed by atoms with E-state index in [9.17, 15) is 9.59 Å². The first-order valence-corrected chi connectivity index (χ1v) is 5.85. The van der Waals surface area contributed by atoms with Crippen LogP contribution in [0.15, 0.2) is 30.3 Å². The van der Waals surface area contributed by atoms with Gasteiger partial charge in [0.05, 0.1) is 0 Å². The summed E-state index contributed by atoms with van der Waals surface area (Å²) in [5.41, 5.74) is 0.928. The lowest BCUT2D eigenvalue weighted by molar-refractivity contribution is -0.147. The van der Waals surface area contributed by atoms with Crippen LogP contribution >= 0.6 is 12.4 Å². The van der Waals surface area contributed by atoms with Gasteiger partial charge in [0.25, 0.3) is 0 Å². The summed E-state index contributed by atoms with van der Waals surface area (Å²) in [7, 11) is 0. The summed E-state index contributed by atoms with van der Waals surface area (Å²) >= 11 is 0. The topological polar surface area (TPSA) is 77.8 Å². The van der Waals surface area contributed by atoms with Crippen molar-refractivity contribution in [1.29, 1.82) is 0 Å². The average Bonchev–Trinajstić information content (AvgIpc) is 2.74. The predicted octanol–water partition coefficient (Wildman–Crippen LogP) is 1.61. The molecule has 0 unspecified atom stereocenters. The van der Waals surface area contributed by atoms with Crippen LogP contribution in [-0.2, 0) is 16.1 Å². The van der Waals surface area contributed by atoms with Gasteiger partial charge in [-0.2, -0.15) is 0 Å². The highest BCUT2D eigenvalue weighted by atomic mass is 35.5. The van der Waals surface area contributed by atoms with Crippen LogP contribution in [0.3, 0.4) is 0 Å². The van der Waals surface area contributed by atoms with E-state index in [0.29, 0.717) is 19.4 Å². The first-order chi connectivity index (χ1) is 8.59. The molecule has 1 heterocycles. The van der Waals surface area contributed by atoms with Crippen molar-refractivity contribution in [1.82, 2.24) is 4.90 Å². The number of halogens is 1. The molecule has 0 saturated carbocycles. The van der Waals surface area contributed by atoms with E-state index in [1.165, 1.54) is 0 Å². The molecule has 0 spiro atoms. The Morgan fingerprint density at radius 1 is 1.05 bits per heavy atom. The molecular weight excluding hydrogens is 270 g/mol. The number of likely N-dealkylation sites (tertiary alicyclic amines) is 1. The van der Waals surface area contributed by atoms with E-state index in [4.69, 9.17) is 10.2 Å². The molecule has 5 nitrogen and oxygen atoms in total. The van der Waals surface area contributed by atoms with Gasteiger partial charge < -0.3 is 10.2 Å². The van der Waals surface area contributed by atoms with Crippen molar-refractivity contribution < 1.29 is 19.8 Å². The molecule has 2 N–H and O–H groups in total. The third-order valence-corrected chi connectivity index (χ3v) is 3.29. The molecule has 1 saturated heterocycles. The normalized spacial score (nSPS) is 22.7. The zero-order valence-electron chi connectivity index (χ0n) is 10.2. The minimum Gasteiger partial charge on any atom is -0.480 e. The number of nitrogens with zero attached hydrogens (tertiary/aromatic N) is 1. The van der Waals surface area contributed by atoms with Gasteiger partial charge in [-0.1, -0.05) is 30.3 Å². The molecule has 0 amide bonds. The third-order valence-electron chi connectivity index (χ3n) is 3.29. The summed E-state index contributed by atoms with van der Waals surface area (Å²) in [6.45, 7) is 0.356. The Labute approximate surface area is 117 Å². The first-order valence-electron chi connectivity index (χ1n) is 5.85. The molecule has 1 aliphatic rings. The lowest BCUT2D eigenvalue weighted by Crippen LogP contribution is -2.43. The van der Waals surface area contributed by atoms with Crippen LogP contribution in [0.1, 0.15) is 18.4 Å². The van der Waals surface area contributed by atoms with E-state index < -0.39 is 24.0 Å². The molecule has 0 aromatic heterocycles. The van der Waals surface area contributed by atoms with Gasteiger partial charge in [0, 0.05) is 6.54 Å². The zero-order chi connectivity index (χ0) is 13.1. The first kappa shape index (κ1) is 15.5. The van der Waals surface area contributed by atoms with Gasteiger partial charge in [-0.25, -0.2) is 0 Å². The van der Waals surface area contributed by atoms with Gasteiger partial charge in [0.15, 0.2) is 0 Å². The number of carbonyl (C=O) groups is 2. The van der Waals surface area contributed by atoms with Gasteiger partial charge in [-0.3, -0.25) is 14.5 Å². The monoisotopic (exact) mass is 285 g/mol. The van der Waals surface area contributed by atoms with Crippen LogP contribution in [0, 0.1) is 0 Å². The van der Waals surface area contributed by atoms with Crippen molar-refractivity contribution >= 4 is 24.3 Å². The highest BCUT2D eigenvalue weighted by Crippen LogP contribution is 2.26. The second kappa shape index (κ2) is 6.54. The molecular formula is C13H16ClNO4. The van der Waals surface area contributed by atoms with Crippen LogP contribution in [0.2, 0.25) is 0 Å². The second-order valence-corrected chi connectivity index (χ2v) is 4.44. The van der Waals surface area contributed by atoms with Crippen molar-refractivity contribution in [2.75, 3.05) is 0 Å². The molecule has 19 heavy (non-hydrogen) atoms. The fraction of sp³-hybridized carbons (Fsp3) is 0.385. The molecule has 0 radical (unpaired) electrons. The maximum absolute atomic E-state index is 11.1. The van der Waals surface area contributed by atoms with E-state index in [-0.39, 0.29) is 12.4 Å². The molecule has 0 aliphatic carbocycles. The fourth-order valence-corrected chi connectivity index (χ4v) is 2.41. The van der Waals surface area contributed by atoms with Crippen molar-refractivity contribution in [3.8, 4) is 0 Å². The summed E-state index contributed by atoms with van der Waals surface area (Å²) in [5, 5.41) is 18.3. The molecule has 1 aromatic rings. The summed E-state index contributed by atoms with van der Waals surface area (Å²) in [5.74, 6) is -1.90. The summed E-state index contributed by atoms with van der Waals surface area (Å²) in [6, 6.07) is 7.93. The van der Waals surface area contributed by atoms with Crippen LogP contribution in [0.25, 0.3) is 0 Å². The zero-order valence-corrected chi connectivity index (χ0v) is 11.0. The molecule has 1 aromatic carbocycles. The predicted molar refractivity (Wildman–Crippen MR) is 71.3 cm³/mol. The van der Waals surface area contributed by atoms with Gasteiger partial charge in [0.2, 0.25) is 0 Å². The Morgan fingerprint density at radius 2 is 1.53 bits per heavy atom. The lowest BCUT2D eigenvalue weighted by atomic mass is 10.2. The number of carboxylic acid groups (broad SMARTS) is 2. The number of aliphatic carboxylic acids is 2. The SMILES string of the molecule is Cl.O=C(O)[C@H]1CC[C@@H](C(=O)O)N1Cc1ccccc1. The van der Waals surface area contributed by atoms with E-state index in [1.807, 2.05) is 30.3 Å². The van der Waals surface area contributed by atoms with Gasteiger partial charge >= 0.3 is 11.9 Å². The minimum absolute atomic E-state index is 0. The Bertz CT molecular complexity index is 429. The van der Waals surface area contributed by atoms with Crippen molar-refractivity contribution in [3.05, 3.63) is 35.9 Å². The summed E-state index contributed by atoms with van der Waals surface area (Å²) < 4.78 is 0. The van der Waals surface area contributed by atoms with E-state index >= 15 is 0 Å². The maximum Gasteiger partial charge on any atom is 0.320 e. The number of carboxylic acids is 2. The third kappa shape index (κ3) is 3.45. The number of hydrogen-bond acceptors (Lipinski definition) is 3. The van der Waals surface area contributed by atoms with Crippen molar-refractivity contribution in [2.24, 2.45) is 0 Å². The highest BCUT2D eigenvalue weighted by Gasteiger charge is 2.41. The Balaban J connectivity index is 0.00000180. The smallest absolute Gasteiger partial charge is 0.320 e. The standard InChI is InChI=1S/C13H15NO4.ClH/c15-12(16)10-6-7-11(13(17)18)14(10)8-9-4-2-1-3-5-9;/h1-5,10-11H,6-8H2,(H,15,16)(H,17,18);1H/t10-,11+;. The summed E-state index contributed by atoms with van der Waals surface area (Å²) in [6.07, 6.45) is 0.776. The second-order valence-electron chi connectivity index (χ2n) is 4.44. The van der Waals surface area contributed by atoms with E-state index in [2.05, 4.69) is 0 Å².